The molecule has 0 aliphatic heterocycles. The normalized spacial score (nSPS) is 10.2. The maximum Gasteiger partial charge on any atom is 0.338 e. The van der Waals surface area contributed by atoms with Crippen LogP contribution < -0.4 is 5.32 Å². The zero-order valence-electron chi connectivity index (χ0n) is 12.9. The third-order valence-electron chi connectivity index (χ3n) is 3.08. The van der Waals surface area contributed by atoms with Crippen molar-refractivity contribution < 1.29 is 19.2 Å². The van der Waals surface area contributed by atoms with E-state index in [1.54, 1.807) is 25.1 Å². The Balaban J connectivity index is 2.37. The number of ether oxygens (including phenoxy) is 1. The van der Waals surface area contributed by atoms with Gasteiger partial charge in [0.2, 0.25) is 0 Å². The SMILES string of the molecule is CCOC(=O)c1cc(C(=O)Nc2ccc(Br)cc2Br)cc([N+](=O)[O-])c1. The van der Waals surface area contributed by atoms with Gasteiger partial charge in [-0.05, 0) is 47.1 Å². The average Bonchev–Trinajstić information content (AvgIpc) is 2.57. The number of carbonyl (C=O) groups is 2. The molecule has 0 saturated heterocycles. The van der Waals surface area contributed by atoms with Gasteiger partial charge >= 0.3 is 5.97 Å². The number of rotatable bonds is 5. The number of anilines is 1. The lowest BCUT2D eigenvalue weighted by Gasteiger charge is -2.09. The maximum absolute atomic E-state index is 12.4. The molecule has 1 N–H and O–H groups in total. The summed E-state index contributed by atoms with van der Waals surface area (Å²) in [7, 11) is 0. The van der Waals surface area contributed by atoms with Crippen LogP contribution in [0.3, 0.4) is 0 Å². The van der Waals surface area contributed by atoms with E-state index >= 15 is 0 Å². The van der Waals surface area contributed by atoms with Crippen LogP contribution in [-0.4, -0.2) is 23.4 Å². The van der Waals surface area contributed by atoms with Crippen molar-refractivity contribution in [3.05, 3.63) is 66.6 Å². The Hall–Kier alpha value is -2.26. The summed E-state index contributed by atoms with van der Waals surface area (Å²) >= 11 is 6.62. The van der Waals surface area contributed by atoms with Gasteiger partial charge in [0.15, 0.2) is 0 Å². The highest BCUT2D eigenvalue weighted by atomic mass is 79.9. The molecule has 2 rings (SSSR count). The summed E-state index contributed by atoms with van der Waals surface area (Å²) in [5.41, 5.74) is 0.0334. The van der Waals surface area contributed by atoms with Crippen LogP contribution in [0.15, 0.2) is 45.3 Å². The van der Waals surface area contributed by atoms with Crippen LogP contribution in [0.1, 0.15) is 27.6 Å². The number of halogens is 2. The molecule has 0 bridgehead atoms. The van der Waals surface area contributed by atoms with Gasteiger partial charge in [0.25, 0.3) is 11.6 Å². The van der Waals surface area contributed by atoms with Crippen molar-refractivity contribution in [1.82, 2.24) is 0 Å². The van der Waals surface area contributed by atoms with Crippen molar-refractivity contribution in [3.63, 3.8) is 0 Å². The molecule has 0 spiro atoms. The van der Waals surface area contributed by atoms with Crippen molar-refractivity contribution in [1.29, 1.82) is 0 Å². The molecule has 130 valence electrons. The highest BCUT2D eigenvalue weighted by molar-refractivity contribution is 9.11. The van der Waals surface area contributed by atoms with Crippen LogP contribution in [0.25, 0.3) is 0 Å². The van der Waals surface area contributed by atoms with E-state index in [0.717, 1.165) is 16.6 Å². The predicted octanol–water partition coefficient (Wildman–Crippen LogP) is 4.55. The molecular formula is C16H12Br2N2O5. The number of esters is 1. The molecular weight excluding hydrogens is 460 g/mol. The van der Waals surface area contributed by atoms with Gasteiger partial charge in [0.05, 0.1) is 22.8 Å². The maximum atomic E-state index is 12.4. The molecule has 2 aromatic carbocycles. The number of hydrogen-bond acceptors (Lipinski definition) is 5. The van der Waals surface area contributed by atoms with Gasteiger partial charge in [-0.15, -0.1) is 0 Å². The van der Waals surface area contributed by atoms with E-state index in [2.05, 4.69) is 37.2 Å². The Morgan fingerprint density at radius 2 is 1.84 bits per heavy atom. The Labute approximate surface area is 159 Å². The van der Waals surface area contributed by atoms with E-state index in [9.17, 15) is 19.7 Å². The van der Waals surface area contributed by atoms with E-state index < -0.39 is 16.8 Å². The number of nitro benzene ring substituents is 1. The minimum Gasteiger partial charge on any atom is -0.462 e. The molecule has 0 saturated carbocycles. The number of carbonyl (C=O) groups excluding carboxylic acids is 2. The fraction of sp³-hybridized carbons (Fsp3) is 0.125. The Bertz CT molecular complexity index is 854. The van der Waals surface area contributed by atoms with Crippen molar-refractivity contribution in [2.24, 2.45) is 0 Å². The van der Waals surface area contributed by atoms with E-state index in [4.69, 9.17) is 4.74 Å². The first-order valence-electron chi connectivity index (χ1n) is 7.04. The van der Waals surface area contributed by atoms with Crippen molar-refractivity contribution in [2.45, 2.75) is 6.92 Å². The predicted molar refractivity (Wildman–Crippen MR) is 98.8 cm³/mol. The topological polar surface area (TPSA) is 98.5 Å². The van der Waals surface area contributed by atoms with Crippen molar-refractivity contribution >= 4 is 55.1 Å². The molecule has 1 amide bonds. The molecule has 0 radical (unpaired) electrons. The molecule has 0 heterocycles. The first-order chi connectivity index (χ1) is 11.8. The lowest BCUT2D eigenvalue weighted by Crippen LogP contribution is -2.14. The molecule has 0 fully saturated rings. The molecule has 0 aliphatic carbocycles. The van der Waals surface area contributed by atoms with Gasteiger partial charge in [0.1, 0.15) is 0 Å². The largest absolute Gasteiger partial charge is 0.462 e. The number of non-ortho nitro benzene ring substituents is 1. The fourth-order valence-electron chi connectivity index (χ4n) is 1.97. The number of hydrogen-bond donors (Lipinski definition) is 1. The third kappa shape index (κ3) is 4.86. The smallest absolute Gasteiger partial charge is 0.338 e. The fourth-order valence-corrected chi connectivity index (χ4v) is 3.11. The summed E-state index contributed by atoms with van der Waals surface area (Å²) in [6.45, 7) is 1.74. The number of benzene rings is 2. The van der Waals surface area contributed by atoms with Crippen LogP contribution >= 0.6 is 31.9 Å². The number of nitro groups is 1. The van der Waals surface area contributed by atoms with Crippen LogP contribution in [0, 0.1) is 10.1 Å². The van der Waals surface area contributed by atoms with E-state index in [1.807, 2.05) is 0 Å². The number of nitrogens with zero attached hydrogens (tertiary/aromatic N) is 1. The first-order valence-corrected chi connectivity index (χ1v) is 8.63. The van der Waals surface area contributed by atoms with Crippen LogP contribution in [0.2, 0.25) is 0 Å². The summed E-state index contributed by atoms with van der Waals surface area (Å²) in [5, 5.41) is 13.7. The zero-order chi connectivity index (χ0) is 18.6. The van der Waals surface area contributed by atoms with Crippen LogP contribution in [0.5, 0.6) is 0 Å². The molecule has 0 unspecified atom stereocenters. The minimum atomic E-state index is -0.731. The van der Waals surface area contributed by atoms with Crippen molar-refractivity contribution in [2.75, 3.05) is 11.9 Å². The quantitative estimate of drug-likeness (QED) is 0.391. The van der Waals surface area contributed by atoms with Gasteiger partial charge in [-0.3, -0.25) is 14.9 Å². The summed E-state index contributed by atoms with van der Waals surface area (Å²) in [4.78, 5) is 34.7. The minimum absolute atomic E-state index is 0.0212. The third-order valence-corrected chi connectivity index (χ3v) is 4.23. The highest BCUT2D eigenvalue weighted by Crippen LogP contribution is 2.27. The van der Waals surface area contributed by atoms with Gasteiger partial charge in [-0.25, -0.2) is 4.79 Å². The molecule has 2 aromatic rings. The second-order valence-electron chi connectivity index (χ2n) is 4.82. The summed E-state index contributed by atoms with van der Waals surface area (Å²) in [6, 6.07) is 8.57. The molecule has 9 heteroatoms. The molecule has 7 nitrogen and oxygen atoms in total. The van der Waals surface area contributed by atoms with E-state index in [-0.39, 0.29) is 23.4 Å². The standard InChI is InChI=1S/C16H12Br2N2O5/c1-2-25-16(22)10-5-9(6-12(7-10)20(23)24)15(21)19-14-4-3-11(17)8-13(14)18/h3-8H,2H2,1H3,(H,19,21). The zero-order valence-corrected chi connectivity index (χ0v) is 16.1. The molecule has 0 aromatic heterocycles. The lowest BCUT2D eigenvalue weighted by molar-refractivity contribution is -0.384. The van der Waals surface area contributed by atoms with Gasteiger partial charge < -0.3 is 10.1 Å². The number of nitrogens with one attached hydrogen (secondary N) is 1. The monoisotopic (exact) mass is 470 g/mol. The Kier molecular flexibility index (Phi) is 6.27. The molecule has 0 atom stereocenters. The van der Waals surface area contributed by atoms with Gasteiger partial charge in [-0.2, -0.15) is 0 Å². The molecule has 25 heavy (non-hydrogen) atoms. The summed E-state index contributed by atoms with van der Waals surface area (Å²) in [6.07, 6.45) is 0. The average molecular weight is 472 g/mol. The van der Waals surface area contributed by atoms with Crippen LogP contribution in [-0.2, 0) is 4.74 Å². The lowest BCUT2D eigenvalue weighted by atomic mass is 10.1. The number of amides is 1. The van der Waals surface area contributed by atoms with Gasteiger partial charge in [-0.1, -0.05) is 15.9 Å². The van der Waals surface area contributed by atoms with E-state index in [0.29, 0.717) is 10.2 Å². The Morgan fingerprint density at radius 3 is 2.44 bits per heavy atom. The van der Waals surface area contributed by atoms with Crippen LogP contribution in [0.4, 0.5) is 11.4 Å². The van der Waals surface area contributed by atoms with Crippen molar-refractivity contribution in [3.8, 4) is 0 Å². The summed E-state index contributed by atoms with van der Waals surface area (Å²) in [5.74, 6) is -1.32. The van der Waals surface area contributed by atoms with E-state index in [1.165, 1.54) is 6.07 Å². The second-order valence-corrected chi connectivity index (χ2v) is 6.59. The highest BCUT2D eigenvalue weighted by Gasteiger charge is 2.19. The second kappa shape index (κ2) is 8.21. The molecule has 0 aliphatic rings. The summed E-state index contributed by atoms with van der Waals surface area (Å²) < 4.78 is 6.29. The Morgan fingerprint density at radius 1 is 1.16 bits per heavy atom. The first kappa shape index (κ1) is 19.1. The van der Waals surface area contributed by atoms with Gasteiger partial charge in [0, 0.05) is 26.6 Å².